The van der Waals surface area contributed by atoms with Gasteiger partial charge in [0.05, 0.1) is 17.1 Å². The minimum Gasteiger partial charge on any atom is -0.390 e. The third kappa shape index (κ3) is 4.38. The van der Waals surface area contributed by atoms with E-state index in [1.165, 1.54) is 0 Å². The number of hydrogen-bond donors (Lipinski definition) is 2. The fourth-order valence-corrected chi connectivity index (χ4v) is 4.67. The number of carbonyl (C=O) groups excluding carboxylic acids is 3. The van der Waals surface area contributed by atoms with Gasteiger partial charge in [-0.3, -0.25) is 19.3 Å². The number of thioether (sulfide) groups is 2. The maximum absolute atomic E-state index is 12.4. The minimum atomic E-state index is -0.605. The van der Waals surface area contributed by atoms with Crippen LogP contribution in [0.2, 0.25) is 5.02 Å². The number of amides is 3. The quantitative estimate of drug-likeness (QED) is 0.754. The van der Waals surface area contributed by atoms with Crippen LogP contribution in [-0.4, -0.2) is 57.3 Å². The lowest BCUT2D eigenvalue weighted by atomic mass is 10.2. The molecule has 2 atom stereocenters. The molecule has 0 aliphatic carbocycles. The molecule has 3 rings (SSSR count). The molecule has 2 N–H and O–H groups in total. The summed E-state index contributed by atoms with van der Waals surface area (Å²) < 4.78 is 0. The van der Waals surface area contributed by atoms with Crippen LogP contribution >= 0.6 is 35.1 Å². The van der Waals surface area contributed by atoms with Crippen molar-refractivity contribution in [2.45, 2.75) is 12.1 Å². The number of benzene rings is 1. The van der Waals surface area contributed by atoms with Crippen LogP contribution in [0.25, 0.3) is 6.08 Å². The van der Waals surface area contributed by atoms with Gasteiger partial charge in [-0.2, -0.15) is 11.8 Å². The molecule has 2 aliphatic rings. The summed E-state index contributed by atoms with van der Waals surface area (Å²) in [5, 5.41) is 12.4. The average molecular weight is 399 g/mol. The van der Waals surface area contributed by atoms with E-state index in [9.17, 15) is 19.5 Å². The van der Waals surface area contributed by atoms with Crippen LogP contribution in [-0.2, 0) is 9.59 Å². The molecule has 3 amide bonds. The monoisotopic (exact) mass is 398 g/mol. The summed E-state index contributed by atoms with van der Waals surface area (Å²) in [6, 6.07) is 6.56. The summed E-state index contributed by atoms with van der Waals surface area (Å²) >= 11 is 8.24. The standard InChI is InChI=1S/C16H15ClN2O4S2/c17-10-3-1-2-9(4-10)5-13-15(22)19(16(23)25-13)6-14(21)18-11-7-24-8-12(11)20/h1-5,11-12,20H,6-8H2,(H,18,21)/b13-5+/t11-,12+/m1/s1. The number of nitrogens with zero attached hydrogens (tertiary/aromatic N) is 1. The van der Waals surface area contributed by atoms with Crippen molar-refractivity contribution in [3.8, 4) is 0 Å². The molecule has 2 heterocycles. The van der Waals surface area contributed by atoms with Gasteiger partial charge in [0.2, 0.25) is 5.91 Å². The first-order valence-corrected chi connectivity index (χ1v) is 9.85. The zero-order valence-electron chi connectivity index (χ0n) is 13.0. The summed E-state index contributed by atoms with van der Waals surface area (Å²) in [5.74, 6) is 0.211. The lowest BCUT2D eigenvalue weighted by Gasteiger charge is -2.18. The summed E-state index contributed by atoms with van der Waals surface area (Å²) in [5.41, 5.74) is 0.702. The van der Waals surface area contributed by atoms with Gasteiger partial charge in [0, 0.05) is 16.5 Å². The molecule has 1 aromatic rings. The summed E-state index contributed by atoms with van der Waals surface area (Å²) in [6.45, 7) is -0.356. The molecule has 0 bridgehead atoms. The second kappa shape index (κ2) is 7.82. The highest BCUT2D eigenvalue weighted by Crippen LogP contribution is 2.32. The number of aliphatic hydroxyl groups excluding tert-OH is 1. The zero-order chi connectivity index (χ0) is 18.0. The molecule has 1 aromatic carbocycles. The minimum absolute atomic E-state index is 0.247. The molecule has 0 unspecified atom stereocenters. The highest BCUT2D eigenvalue weighted by molar-refractivity contribution is 8.18. The fourth-order valence-electron chi connectivity index (χ4n) is 2.46. The van der Waals surface area contributed by atoms with E-state index in [2.05, 4.69) is 5.32 Å². The van der Waals surface area contributed by atoms with Gasteiger partial charge in [-0.05, 0) is 35.5 Å². The molecule has 0 radical (unpaired) electrons. The molecule has 9 heteroatoms. The highest BCUT2D eigenvalue weighted by atomic mass is 35.5. The van der Waals surface area contributed by atoms with Gasteiger partial charge in [0.25, 0.3) is 11.1 Å². The van der Waals surface area contributed by atoms with E-state index in [0.29, 0.717) is 22.1 Å². The molecular formula is C16H15ClN2O4S2. The van der Waals surface area contributed by atoms with E-state index in [1.54, 1.807) is 42.1 Å². The van der Waals surface area contributed by atoms with Crippen molar-refractivity contribution in [1.29, 1.82) is 0 Å². The molecule has 0 spiro atoms. The maximum atomic E-state index is 12.4. The van der Waals surface area contributed by atoms with E-state index in [4.69, 9.17) is 11.6 Å². The first-order chi connectivity index (χ1) is 11.9. The normalized spacial score (nSPS) is 25.0. The van der Waals surface area contributed by atoms with E-state index >= 15 is 0 Å². The van der Waals surface area contributed by atoms with E-state index in [-0.39, 0.29) is 17.5 Å². The van der Waals surface area contributed by atoms with E-state index in [1.807, 2.05) is 0 Å². The Balaban J connectivity index is 1.66. The molecule has 132 valence electrons. The lowest BCUT2D eigenvalue weighted by Crippen LogP contribution is -2.47. The zero-order valence-corrected chi connectivity index (χ0v) is 15.4. The number of hydrogen-bond acceptors (Lipinski definition) is 6. The van der Waals surface area contributed by atoms with Crippen LogP contribution in [0, 0.1) is 0 Å². The van der Waals surface area contributed by atoms with Crippen molar-refractivity contribution in [2.24, 2.45) is 0 Å². The van der Waals surface area contributed by atoms with Gasteiger partial charge in [0.15, 0.2) is 0 Å². The summed E-state index contributed by atoms with van der Waals surface area (Å²) in [6.07, 6.45) is 0.970. The smallest absolute Gasteiger partial charge is 0.294 e. The number of halogens is 1. The number of imide groups is 1. The Kier molecular flexibility index (Phi) is 5.73. The Morgan fingerprint density at radius 2 is 2.20 bits per heavy atom. The third-order valence-electron chi connectivity index (χ3n) is 3.72. The fraction of sp³-hybridized carbons (Fsp3) is 0.312. The largest absolute Gasteiger partial charge is 0.390 e. The number of carbonyl (C=O) groups is 3. The van der Waals surface area contributed by atoms with Crippen LogP contribution < -0.4 is 5.32 Å². The number of nitrogens with one attached hydrogen (secondary N) is 1. The summed E-state index contributed by atoms with van der Waals surface area (Å²) in [7, 11) is 0. The van der Waals surface area contributed by atoms with Gasteiger partial charge in [-0.15, -0.1) is 0 Å². The molecule has 0 aromatic heterocycles. The van der Waals surface area contributed by atoms with Crippen LogP contribution in [0.5, 0.6) is 0 Å². The SMILES string of the molecule is O=C(CN1C(=O)S/C(=C/c2cccc(Cl)c2)C1=O)N[C@@H]1CSC[C@@H]1O. The van der Waals surface area contributed by atoms with E-state index < -0.39 is 23.2 Å². The third-order valence-corrected chi connectivity index (χ3v) is 6.03. The van der Waals surface area contributed by atoms with Crippen LogP contribution in [0.3, 0.4) is 0 Å². The topological polar surface area (TPSA) is 86.7 Å². The molecule has 2 fully saturated rings. The second-order valence-electron chi connectivity index (χ2n) is 5.60. The molecule has 25 heavy (non-hydrogen) atoms. The predicted molar refractivity (Wildman–Crippen MR) is 99.4 cm³/mol. The lowest BCUT2D eigenvalue weighted by molar-refractivity contribution is -0.129. The molecule has 6 nitrogen and oxygen atoms in total. The van der Waals surface area contributed by atoms with Gasteiger partial charge in [0.1, 0.15) is 6.54 Å². The van der Waals surface area contributed by atoms with Crippen LogP contribution in [0.1, 0.15) is 5.56 Å². The Labute approximate surface area is 158 Å². The Morgan fingerprint density at radius 1 is 1.40 bits per heavy atom. The Bertz CT molecular complexity index is 755. The highest BCUT2D eigenvalue weighted by Gasteiger charge is 2.37. The van der Waals surface area contributed by atoms with Gasteiger partial charge in [-0.25, -0.2) is 0 Å². The Hall–Kier alpha value is -1.48. The average Bonchev–Trinajstić information content (AvgIpc) is 3.06. The summed E-state index contributed by atoms with van der Waals surface area (Å²) in [4.78, 5) is 37.7. The molecular weight excluding hydrogens is 384 g/mol. The molecule has 0 saturated carbocycles. The van der Waals surface area contributed by atoms with Crippen molar-refractivity contribution >= 4 is 58.3 Å². The second-order valence-corrected chi connectivity index (χ2v) is 8.11. The van der Waals surface area contributed by atoms with Crippen molar-refractivity contribution in [1.82, 2.24) is 10.2 Å². The van der Waals surface area contributed by atoms with Crippen molar-refractivity contribution in [2.75, 3.05) is 18.1 Å². The van der Waals surface area contributed by atoms with Crippen molar-refractivity contribution < 1.29 is 19.5 Å². The number of aliphatic hydroxyl groups is 1. The van der Waals surface area contributed by atoms with Gasteiger partial charge in [-0.1, -0.05) is 23.7 Å². The first-order valence-electron chi connectivity index (χ1n) is 7.50. The van der Waals surface area contributed by atoms with Gasteiger partial charge >= 0.3 is 0 Å². The van der Waals surface area contributed by atoms with Gasteiger partial charge < -0.3 is 10.4 Å². The molecule has 2 aliphatic heterocycles. The predicted octanol–water partition coefficient (Wildman–Crippen LogP) is 1.97. The first kappa shape index (κ1) is 18.3. The maximum Gasteiger partial charge on any atom is 0.294 e. The Morgan fingerprint density at radius 3 is 2.88 bits per heavy atom. The van der Waals surface area contributed by atoms with Crippen molar-refractivity contribution in [3.63, 3.8) is 0 Å². The number of rotatable bonds is 4. The van der Waals surface area contributed by atoms with E-state index in [0.717, 1.165) is 16.7 Å². The van der Waals surface area contributed by atoms with Crippen LogP contribution in [0.4, 0.5) is 4.79 Å². The van der Waals surface area contributed by atoms with Crippen LogP contribution in [0.15, 0.2) is 29.2 Å². The van der Waals surface area contributed by atoms with Crippen molar-refractivity contribution in [3.05, 3.63) is 39.8 Å². The molecule has 2 saturated heterocycles.